The lowest BCUT2D eigenvalue weighted by Crippen LogP contribution is -2.36. The SMILES string of the molecule is CN=C1C(=O)N(C(C)C)c2ncccc21. The van der Waals surface area contributed by atoms with Gasteiger partial charge in [0.05, 0.1) is 0 Å². The number of amides is 1. The van der Waals surface area contributed by atoms with E-state index in [1.165, 1.54) is 0 Å². The minimum Gasteiger partial charge on any atom is -0.288 e. The molecule has 0 fully saturated rings. The third-order valence-corrected chi connectivity index (χ3v) is 2.43. The number of rotatable bonds is 1. The standard InChI is InChI=1S/C11H13N3O/c1-7(2)14-10-8(5-4-6-13-10)9(12-3)11(14)15/h4-7H,1-3H3. The highest BCUT2D eigenvalue weighted by molar-refractivity contribution is 6.54. The minimum atomic E-state index is -0.0544. The molecular formula is C11H13N3O. The van der Waals surface area contributed by atoms with Crippen molar-refractivity contribution in [3.05, 3.63) is 23.9 Å². The number of hydrogen-bond acceptors (Lipinski definition) is 3. The molecule has 0 spiro atoms. The van der Waals surface area contributed by atoms with Gasteiger partial charge in [-0.2, -0.15) is 0 Å². The maximum atomic E-state index is 12.0. The first kappa shape index (κ1) is 9.83. The van der Waals surface area contributed by atoms with E-state index in [4.69, 9.17) is 0 Å². The molecule has 0 saturated carbocycles. The van der Waals surface area contributed by atoms with E-state index in [9.17, 15) is 4.79 Å². The molecule has 78 valence electrons. The second-order valence-corrected chi connectivity index (χ2v) is 3.72. The van der Waals surface area contributed by atoms with Gasteiger partial charge in [-0.05, 0) is 26.0 Å². The van der Waals surface area contributed by atoms with Gasteiger partial charge in [0, 0.05) is 24.8 Å². The van der Waals surface area contributed by atoms with E-state index in [2.05, 4.69) is 9.98 Å². The molecule has 1 amide bonds. The molecule has 2 heterocycles. The fourth-order valence-corrected chi connectivity index (χ4v) is 1.79. The van der Waals surface area contributed by atoms with E-state index in [1.807, 2.05) is 26.0 Å². The Bertz CT molecular complexity index is 437. The predicted molar refractivity (Wildman–Crippen MR) is 59.3 cm³/mol. The summed E-state index contributed by atoms with van der Waals surface area (Å²) in [6.45, 7) is 3.93. The van der Waals surface area contributed by atoms with Gasteiger partial charge < -0.3 is 0 Å². The van der Waals surface area contributed by atoms with Crippen molar-refractivity contribution in [1.29, 1.82) is 0 Å². The molecule has 4 nitrogen and oxygen atoms in total. The van der Waals surface area contributed by atoms with E-state index in [0.29, 0.717) is 5.71 Å². The highest BCUT2D eigenvalue weighted by atomic mass is 16.2. The maximum Gasteiger partial charge on any atom is 0.278 e. The summed E-state index contributed by atoms with van der Waals surface area (Å²) in [5.41, 5.74) is 1.34. The molecule has 1 aliphatic heterocycles. The van der Waals surface area contributed by atoms with Crippen LogP contribution in [0.25, 0.3) is 0 Å². The zero-order valence-electron chi connectivity index (χ0n) is 9.06. The van der Waals surface area contributed by atoms with Crippen molar-refractivity contribution in [2.75, 3.05) is 11.9 Å². The summed E-state index contributed by atoms with van der Waals surface area (Å²) in [6, 6.07) is 3.80. The minimum absolute atomic E-state index is 0.0544. The first-order valence-corrected chi connectivity index (χ1v) is 4.92. The number of anilines is 1. The Labute approximate surface area is 88.7 Å². The topological polar surface area (TPSA) is 45.6 Å². The number of nitrogens with zero attached hydrogens (tertiary/aromatic N) is 3. The number of aliphatic imine (C=N–C) groups is 1. The van der Waals surface area contributed by atoms with Crippen molar-refractivity contribution < 1.29 is 4.79 Å². The Morgan fingerprint density at radius 2 is 2.20 bits per heavy atom. The third-order valence-electron chi connectivity index (χ3n) is 2.43. The summed E-state index contributed by atoms with van der Waals surface area (Å²) in [5, 5.41) is 0. The molecule has 2 rings (SSSR count). The Morgan fingerprint density at radius 1 is 1.47 bits per heavy atom. The monoisotopic (exact) mass is 203 g/mol. The van der Waals surface area contributed by atoms with Crippen molar-refractivity contribution in [3.8, 4) is 0 Å². The van der Waals surface area contributed by atoms with E-state index in [-0.39, 0.29) is 11.9 Å². The molecule has 0 aliphatic carbocycles. The van der Waals surface area contributed by atoms with Gasteiger partial charge in [-0.3, -0.25) is 14.7 Å². The summed E-state index contributed by atoms with van der Waals surface area (Å²) >= 11 is 0. The predicted octanol–water partition coefficient (Wildman–Crippen LogP) is 1.26. The molecule has 1 aliphatic rings. The van der Waals surface area contributed by atoms with Gasteiger partial charge in [0.15, 0.2) is 0 Å². The van der Waals surface area contributed by atoms with Gasteiger partial charge in [-0.1, -0.05) is 0 Å². The van der Waals surface area contributed by atoms with Gasteiger partial charge in [-0.25, -0.2) is 4.98 Å². The highest BCUT2D eigenvalue weighted by Gasteiger charge is 2.35. The molecule has 0 aromatic carbocycles. The van der Waals surface area contributed by atoms with E-state index >= 15 is 0 Å². The number of carbonyl (C=O) groups excluding carboxylic acids is 1. The lowest BCUT2D eigenvalue weighted by molar-refractivity contribution is -0.112. The van der Waals surface area contributed by atoms with Crippen LogP contribution in [-0.2, 0) is 4.79 Å². The zero-order chi connectivity index (χ0) is 11.0. The second kappa shape index (κ2) is 3.46. The Balaban J connectivity index is 2.62. The van der Waals surface area contributed by atoms with Gasteiger partial charge in [-0.15, -0.1) is 0 Å². The summed E-state index contributed by atoms with van der Waals surface area (Å²) < 4.78 is 0. The first-order valence-electron chi connectivity index (χ1n) is 4.92. The molecule has 0 radical (unpaired) electrons. The molecule has 1 aromatic rings. The van der Waals surface area contributed by atoms with Crippen molar-refractivity contribution >= 4 is 17.4 Å². The van der Waals surface area contributed by atoms with E-state index in [0.717, 1.165) is 11.4 Å². The van der Waals surface area contributed by atoms with Crippen LogP contribution in [-0.4, -0.2) is 29.7 Å². The number of carbonyl (C=O) groups is 1. The zero-order valence-corrected chi connectivity index (χ0v) is 9.06. The Morgan fingerprint density at radius 3 is 2.80 bits per heavy atom. The molecule has 0 unspecified atom stereocenters. The van der Waals surface area contributed by atoms with Crippen LogP contribution in [0.2, 0.25) is 0 Å². The van der Waals surface area contributed by atoms with Crippen LogP contribution >= 0.6 is 0 Å². The number of fused-ring (bicyclic) bond motifs is 1. The normalized spacial score (nSPS) is 17.7. The van der Waals surface area contributed by atoms with Gasteiger partial charge in [0.1, 0.15) is 11.5 Å². The Kier molecular flexibility index (Phi) is 2.26. The highest BCUT2D eigenvalue weighted by Crippen LogP contribution is 2.28. The second-order valence-electron chi connectivity index (χ2n) is 3.72. The third kappa shape index (κ3) is 1.33. The molecule has 0 saturated heterocycles. The van der Waals surface area contributed by atoms with E-state index < -0.39 is 0 Å². The van der Waals surface area contributed by atoms with Crippen molar-refractivity contribution in [2.45, 2.75) is 19.9 Å². The van der Waals surface area contributed by atoms with Crippen LogP contribution in [0.15, 0.2) is 23.3 Å². The molecule has 0 bridgehead atoms. The van der Waals surface area contributed by atoms with Crippen LogP contribution in [0.1, 0.15) is 19.4 Å². The van der Waals surface area contributed by atoms with Crippen LogP contribution < -0.4 is 4.90 Å². The summed E-state index contributed by atoms with van der Waals surface area (Å²) in [4.78, 5) is 21.9. The lowest BCUT2D eigenvalue weighted by atomic mass is 10.2. The molecular weight excluding hydrogens is 190 g/mol. The van der Waals surface area contributed by atoms with Crippen molar-refractivity contribution in [2.24, 2.45) is 4.99 Å². The van der Waals surface area contributed by atoms with Crippen LogP contribution in [0.3, 0.4) is 0 Å². The molecule has 0 N–H and O–H groups in total. The molecule has 4 heteroatoms. The quantitative estimate of drug-likeness (QED) is 0.689. The average molecular weight is 203 g/mol. The van der Waals surface area contributed by atoms with Gasteiger partial charge >= 0.3 is 0 Å². The van der Waals surface area contributed by atoms with Crippen molar-refractivity contribution in [1.82, 2.24) is 4.98 Å². The fraction of sp³-hybridized carbons (Fsp3) is 0.364. The molecule has 1 aromatic heterocycles. The van der Waals surface area contributed by atoms with Crippen molar-refractivity contribution in [3.63, 3.8) is 0 Å². The van der Waals surface area contributed by atoms with Crippen LogP contribution in [0.5, 0.6) is 0 Å². The van der Waals surface area contributed by atoms with Crippen LogP contribution in [0, 0.1) is 0 Å². The molecule has 0 atom stereocenters. The Hall–Kier alpha value is -1.71. The summed E-state index contributed by atoms with van der Waals surface area (Å²) in [6.07, 6.45) is 1.69. The van der Waals surface area contributed by atoms with E-state index in [1.54, 1.807) is 18.1 Å². The fourth-order valence-electron chi connectivity index (χ4n) is 1.79. The first-order chi connectivity index (χ1) is 7.16. The smallest absolute Gasteiger partial charge is 0.278 e. The van der Waals surface area contributed by atoms with Gasteiger partial charge in [0.25, 0.3) is 5.91 Å². The maximum absolute atomic E-state index is 12.0. The van der Waals surface area contributed by atoms with Gasteiger partial charge in [0.2, 0.25) is 0 Å². The summed E-state index contributed by atoms with van der Waals surface area (Å²) in [7, 11) is 1.63. The van der Waals surface area contributed by atoms with Crippen LogP contribution in [0.4, 0.5) is 5.82 Å². The largest absolute Gasteiger partial charge is 0.288 e. The molecule has 15 heavy (non-hydrogen) atoms. The lowest BCUT2D eigenvalue weighted by Gasteiger charge is -2.19. The summed E-state index contributed by atoms with van der Waals surface area (Å²) in [5.74, 6) is 0.666. The average Bonchev–Trinajstić information content (AvgIpc) is 2.49. The number of pyridine rings is 1. The number of hydrogen-bond donors (Lipinski definition) is 0. The number of aromatic nitrogens is 1.